The van der Waals surface area contributed by atoms with Crippen LogP contribution in [0.5, 0.6) is 0 Å². The van der Waals surface area contributed by atoms with E-state index in [0.717, 1.165) is 27.1 Å². The van der Waals surface area contributed by atoms with Gasteiger partial charge in [0.15, 0.2) is 50.1 Å². The number of carbonyl (C=O) groups is 4. The minimum absolute atomic E-state index is 0.0341. The highest BCUT2D eigenvalue weighted by atomic mass is 32.2. The summed E-state index contributed by atoms with van der Waals surface area (Å²) < 4.78 is 173. The van der Waals surface area contributed by atoms with E-state index in [1.165, 1.54) is 35.2 Å². The van der Waals surface area contributed by atoms with Gasteiger partial charge in [0.05, 0.1) is 100 Å². The average Bonchev–Trinajstić information content (AvgIpc) is 1.69. The number of nitrogens with one attached hydrogen (secondary N) is 2. The molecule has 8 fully saturated rings. The molecule has 7 saturated heterocycles. The quantitative estimate of drug-likeness (QED) is 0.0122. The summed E-state index contributed by atoms with van der Waals surface area (Å²) >= 11 is 0. The summed E-state index contributed by atoms with van der Waals surface area (Å²) in [6.07, 6.45) is -30.8. The third kappa shape index (κ3) is 44.9. The Hall–Kier alpha value is -3.67. The first-order chi connectivity index (χ1) is 60.9. The molecule has 132 heavy (non-hydrogen) atoms. The van der Waals surface area contributed by atoms with Crippen molar-refractivity contribution in [2.45, 2.75) is 397 Å². The van der Waals surface area contributed by atoms with Crippen LogP contribution in [-0.4, -0.2) is 436 Å². The Bertz CT molecular complexity index is 3310. The molecule has 784 valence electrons. The number of ether oxygens (including phenoxy) is 18. The van der Waals surface area contributed by atoms with E-state index in [1.54, 1.807) is 83.1 Å². The molecule has 0 aromatic heterocycles. The molecule has 0 bridgehead atoms. The van der Waals surface area contributed by atoms with Crippen LogP contribution in [0.15, 0.2) is 0 Å². The lowest BCUT2D eigenvalue weighted by molar-refractivity contribution is -0.193. The van der Waals surface area contributed by atoms with Crippen LogP contribution in [0.4, 0.5) is 4.79 Å². The fraction of sp³-hybridized carbons (Fsp3) is 0.949. The van der Waals surface area contributed by atoms with Gasteiger partial charge in [0.1, 0.15) is 135 Å². The molecule has 51 nitrogen and oxygen atoms in total. The maximum atomic E-state index is 11.7. The summed E-state index contributed by atoms with van der Waals surface area (Å²) in [5, 5.41) is 157. The normalized spacial score (nSPS) is 34.4. The van der Waals surface area contributed by atoms with Gasteiger partial charge in [0, 0.05) is 41.2 Å². The second kappa shape index (κ2) is 60.5. The number of aliphatic hydroxyl groups excluding tert-OH is 16. The Labute approximate surface area is 771 Å². The number of primary amides is 1. The fourth-order valence-corrected chi connectivity index (χ4v) is 14.4. The molecule has 7 aliphatic heterocycles. The predicted octanol–water partition coefficient (Wildman–Crippen LogP) is -4.44. The van der Waals surface area contributed by atoms with Crippen molar-refractivity contribution in [1.82, 2.24) is 10.0 Å². The first-order valence-electron chi connectivity index (χ1n) is 42.7. The van der Waals surface area contributed by atoms with Crippen molar-refractivity contribution in [3.8, 4) is 0 Å². The Morgan fingerprint density at radius 1 is 0.424 bits per heavy atom. The van der Waals surface area contributed by atoms with Crippen LogP contribution >= 0.6 is 7.82 Å². The molecular formula is C78H152N3O48PS2. The molecule has 7 heterocycles. The van der Waals surface area contributed by atoms with Crippen molar-refractivity contribution in [2.24, 2.45) is 11.7 Å². The van der Waals surface area contributed by atoms with Gasteiger partial charge in [-0.25, -0.2) is 14.2 Å². The first-order valence-corrected chi connectivity index (χ1v) is 47.2. The highest BCUT2D eigenvalue weighted by Crippen LogP contribution is 2.48. The van der Waals surface area contributed by atoms with Gasteiger partial charge in [-0.1, -0.05) is 13.3 Å². The van der Waals surface area contributed by atoms with Gasteiger partial charge in [-0.3, -0.25) is 31.5 Å². The molecule has 20 N–H and O–H groups in total. The zero-order chi connectivity index (χ0) is 102. The Morgan fingerprint density at radius 2 is 0.742 bits per heavy atom. The minimum Gasteiger partial charge on any atom is -0.467 e. The van der Waals surface area contributed by atoms with E-state index in [9.17, 15) is 122 Å². The van der Waals surface area contributed by atoms with Crippen LogP contribution in [0.1, 0.15) is 158 Å². The summed E-state index contributed by atoms with van der Waals surface area (Å²) in [5.74, 6) is -1.50. The van der Waals surface area contributed by atoms with Gasteiger partial charge in [-0.2, -0.15) is 21.6 Å². The van der Waals surface area contributed by atoms with Gasteiger partial charge in [0.2, 0.25) is 5.91 Å². The van der Waals surface area contributed by atoms with Crippen molar-refractivity contribution >= 4 is 52.2 Å². The van der Waals surface area contributed by atoms with Gasteiger partial charge in [0.25, 0.3) is 10.1 Å². The Kier molecular flexibility index (Phi) is 57.9. The number of phosphoric acid groups is 1. The third-order valence-corrected chi connectivity index (χ3v) is 22.6. The lowest BCUT2D eigenvalue weighted by Crippen LogP contribution is -2.40. The van der Waals surface area contributed by atoms with E-state index in [2.05, 4.69) is 36.9 Å². The number of rotatable bonds is 36. The molecule has 32 atom stereocenters. The number of esters is 2. The third-order valence-electron chi connectivity index (χ3n) is 19.0. The minimum atomic E-state index is -3.85. The van der Waals surface area contributed by atoms with Crippen molar-refractivity contribution in [3.63, 3.8) is 0 Å². The fourth-order valence-electron chi connectivity index (χ4n) is 12.5. The molecule has 0 aromatic rings. The second-order valence-electron chi connectivity index (χ2n) is 33.7. The second-order valence-corrected chi connectivity index (χ2v) is 39.0. The van der Waals surface area contributed by atoms with Crippen molar-refractivity contribution in [2.75, 3.05) is 74.2 Å². The van der Waals surface area contributed by atoms with E-state index >= 15 is 0 Å². The molecule has 1 unspecified atom stereocenters. The van der Waals surface area contributed by atoms with E-state index < -0.39 is 231 Å². The predicted molar refractivity (Wildman–Crippen MR) is 453 cm³/mol. The van der Waals surface area contributed by atoms with Gasteiger partial charge in [-0.15, -0.1) is 0 Å². The highest BCUT2D eigenvalue weighted by molar-refractivity contribution is 7.86. The number of nitrogens with two attached hydrogens (primary N) is 1. The van der Waals surface area contributed by atoms with Gasteiger partial charge < -0.3 is 178 Å². The Balaban J connectivity index is 0.000000755. The van der Waals surface area contributed by atoms with Crippen molar-refractivity contribution in [1.29, 1.82) is 0 Å². The monoisotopic (exact) mass is 1990 g/mol. The summed E-state index contributed by atoms with van der Waals surface area (Å²) in [6.45, 7) is 34.8. The average molecular weight is 2000 g/mol. The molecule has 8 aliphatic rings. The summed E-state index contributed by atoms with van der Waals surface area (Å²) in [7, 11) is -5.48. The van der Waals surface area contributed by atoms with Crippen molar-refractivity contribution < 1.29 is 229 Å². The summed E-state index contributed by atoms with van der Waals surface area (Å²) in [4.78, 5) is 42.8. The number of methoxy groups -OCH3 is 1. The number of phosphoric ester groups is 1. The molecule has 0 aromatic carbocycles. The summed E-state index contributed by atoms with van der Waals surface area (Å²) in [6, 6.07) is 0. The molecule has 8 rings (SSSR count). The van der Waals surface area contributed by atoms with E-state index in [4.69, 9.17) is 86.0 Å². The zero-order valence-electron chi connectivity index (χ0n) is 79.4. The largest absolute Gasteiger partial charge is 0.474 e. The molecule has 0 spiro atoms. The maximum Gasteiger partial charge on any atom is 0.474 e. The van der Waals surface area contributed by atoms with Crippen LogP contribution < -0.4 is 15.8 Å². The molecule has 0 radical (unpaired) electrons. The number of carbonyl (C=O) groups excluding carboxylic acids is 4. The number of hydrogen-bond acceptors (Lipinski definition) is 48. The van der Waals surface area contributed by atoms with Crippen LogP contribution in [0.3, 0.4) is 0 Å². The molecule has 54 heteroatoms. The van der Waals surface area contributed by atoms with E-state index in [1.807, 2.05) is 41.5 Å². The molecule has 2 amide bonds. The van der Waals surface area contributed by atoms with Gasteiger partial charge in [-0.05, 0) is 136 Å². The topological polar surface area (TPSA) is 740 Å². The van der Waals surface area contributed by atoms with Crippen molar-refractivity contribution in [3.05, 3.63) is 0 Å². The highest BCUT2D eigenvalue weighted by Gasteiger charge is 2.52. The standard InChI is InChI=1S/C11H22O3.C10H19NO5.C10H21O8P.C10H20O7S.C10H18O6.C9H19NO7S.C9H17NO6.C9H16O6/c1-5-7-6-8(10(13)9(7)12)14-11(2,3)4;1-5(2)15-10-9(14)8(13)7(16-10)4-11-6(3)12;1-6(2)17-10-9(12)8(11)7(18-10)5-16-19(13,14-3)15-4;1-6(2)16-10-9(12)8(11)7(17-10)4-5-18(13,14)15-3;1-5(2)15-10-9(13)8(12)7(16-10)4-14-6(3)11;1-5(2)16-9-8(12)7(11)6(17-9)4-10-18(13,14)15-3;1-4(2)15-8-7(12)6(11)5(16-8)3-14-9(10)13;1-4(2)14-9-6(11)5(10)7(15-9)8(12)13-3/h7-10,12-13H,5-6H2,1-4H3;5,7-10,13-14H,4H2,1-3H3,(H,11,12);6-12H,5H2,1-4H3;6-12H,4-5H2,1-3H3;5,7-10,12-13H,4H2,1-3H3;5-12H,4H2,1-3H3;4-8,11-12H,3H2,1-2H3,(H2,10,13);4-7,9-11H,1-3H3/t7-,8+,9-,10?;4*7-,8-,9-,10-;6-,7-,8-,9-;5-,6-,7-,8-;5-,6+,7-,9+/m01111110/s1. The molecule has 1 aliphatic carbocycles. The smallest absolute Gasteiger partial charge is 0.467 e. The zero-order valence-corrected chi connectivity index (χ0v) is 82.0. The lowest BCUT2D eigenvalue weighted by Gasteiger charge is -2.27. The number of amides is 2. The van der Waals surface area contributed by atoms with E-state index in [0.29, 0.717) is 0 Å². The first kappa shape index (κ1) is 126. The van der Waals surface area contributed by atoms with Crippen LogP contribution in [0.25, 0.3) is 0 Å². The molecule has 1 saturated carbocycles. The summed E-state index contributed by atoms with van der Waals surface area (Å²) in [5.41, 5.74) is 4.52. The van der Waals surface area contributed by atoms with Crippen LogP contribution in [0, 0.1) is 5.92 Å². The van der Waals surface area contributed by atoms with E-state index in [-0.39, 0.29) is 111 Å². The van der Waals surface area contributed by atoms with Gasteiger partial charge >= 0.3 is 36.2 Å². The lowest BCUT2D eigenvalue weighted by atomic mass is 10.0. The van der Waals surface area contributed by atoms with Crippen LogP contribution in [0.2, 0.25) is 0 Å². The van der Waals surface area contributed by atoms with Crippen LogP contribution in [-0.2, 0) is 147 Å². The molecular weight excluding hydrogens is 1840 g/mol. The SMILES string of the molecule is CC(=O)NC[C@H]1O[C@@H](OC(C)C)[C@H](O)[C@@H]1O.CC(=O)OC[C@H]1O[C@@H](OC(C)C)[C@H](O)[C@@H]1O.CC(C)O[C@@H]1O[C@H](COC(N)=O)[C@@H](O)[C@H]1O.CC[C@H]1C[C@@H](OC(C)(C)C)C(O)[C@H]1O.COC(=O)[C@H]1O[C@@H](OC(C)C)[C@H](O)[C@@H]1O.COP(=O)(OC)OC[C@H]1O[C@@H](OC(C)C)[C@H](O)[C@@H]1O.COS(=O)(=O)CC[C@H]1O[C@@H](OC(C)C)[C@H](O)[C@@H]1O.COS(=O)(=O)NC[C@H]1O[C@@H](OC(C)C)[C@H](O)[C@@H]1O. The maximum absolute atomic E-state index is 11.7. The number of hydrogen-bond donors (Lipinski definition) is 19. The number of aliphatic hydroxyl groups is 16. The Morgan fingerprint density at radius 3 is 1.05 bits per heavy atom.